The molecule has 0 radical (unpaired) electrons. The van der Waals surface area contributed by atoms with Gasteiger partial charge in [-0.1, -0.05) is 0 Å². The first-order valence-corrected chi connectivity index (χ1v) is 8.51. The summed E-state index contributed by atoms with van der Waals surface area (Å²) in [6, 6.07) is 3.46. The Balaban J connectivity index is 1.24. The van der Waals surface area contributed by atoms with Crippen LogP contribution in [0, 0.1) is 5.92 Å². The van der Waals surface area contributed by atoms with Crippen molar-refractivity contribution in [3.63, 3.8) is 0 Å². The third kappa shape index (κ3) is 3.16. The maximum absolute atomic E-state index is 12.2. The number of hydrogen-bond acceptors (Lipinski definition) is 5. The number of hydrogen-bond donors (Lipinski definition) is 0. The van der Waals surface area contributed by atoms with E-state index in [1.165, 1.54) is 12.7 Å². The summed E-state index contributed by atoms with van der Waals surface area (Å²) in [4.78, 5) is 16.5. The molecular formula is C17H24N2O4. The van der Waals surface area contributed by atoms with Crippen molar-refractivity contribution in [1.82, 2.24) is 9.80 Å². The molecule has 0 saturated carbocycles. The Hall–Kier alpha value is -1.37. The van der Waals surface area contributed by atoms with E-state index < -0.39 is 0 Å². The fraction of sp³-hybridized carbons (Fsp3) is 0.706. The quantitative estimate of drug-likeness (QED) is 0.838. The number of furan rings is 1. The van der Waals surface area contributed by atoms with Crippen molar-refractivity contribution in [2.75, 3.05) is 52.5 Å². The van der Waals surface area contributed by atoms with Gasteiger partial charge >= 0.3 is 0 Å². The Kier molecular flexibility index (Phi) is 4.13. The molecule has 0 aliphatic carbocycles. The zero-order valence-corrected chi connectivity index (χ0v) is 13.4. The lowest BCUT2D eigenvalue weighted by Crippen LogP contribution is -2.66. The number of likely N-dealkylation sites (tertiary alicyclic amines) is 1. The van der Waals surface area contributed by atoms with Gasteiger partial charge < -0.3 is 18.8 Å². The first kappa shape index (κ1) is 15.2. The number of rotatable bonds is 3. The van der Waals surface area contributed by atoms with E-state index in [0.717, 1.165) is 45.9 Å². The second-order valence-electron chi connectivity index (χ2n) is 6.95. The fourth-order valence-corrected chi connectivity index (χ4v) is 3.81. The highest BCUT2D eigenvalue weighted by atomic mass is 16.5. The van der Waals surface area contributed by atoms with E-state index in [4.69, 9.17) is 13.9 Å². The smallest absolute Gasteiger partial charge is 0.289 e. The van der Waals surface area contributed by atoms with Crippen molar-refractivity contribution in [3.05, 3.63) is 24.2 Å². The van der Waals surface area contributed by atoms with Gasteiger partial charge in [0, 0.05) is 19.6 Å². The Labute approximate surface area is 136 Å². The maximum Gasteiger partial charge on any atom is 0.289 e. The molecule has 3 aliphatic rings. The molecule has 4 rings (SSSR count). The molecule has 23 heavy (non-hydrogen) atoms. The second kappa shape index (κ2) is 6.26. The largest absolute Gasteiger partial charge is 0.459 e. The first-order valence-electron chi connectivity index (χ1n) is 8.51. The van der Waals surface area contributed by atoms with E-state index in [1.807, 2.05) is 4.90 Å². The third-order valence-electron chi connectivity index (χ3n) is 5.23. The minimum atomic E-state index is -0.107. The highest BCUT2D eigenvalue weighted by Gasteiger charge is 2.49. The van der Waals surface area contributed by atoms with Crippen molar-refractivity contribution < 1.29 is 18.7 Å². The van der Waals surface area contributed by atoms with Crippen LogP contribution in [-0.2, 0) is 9.47 Å². The van der Waals surface area contributed by atoms with Gasteiger partial charge in [0.25, 0.3) is 5.91 Å². The van der Waals surface area contributed by atoms with Gasteiger partial charge in [-0.05, 0) is 30.9 Å². The molecule has 1 aromatic rings. The van der Waals surface area contributed by atoms with Gasteiger partial charge in [0.1, 0.15) is 5.60 Å². The van der Waals surface area contributed by atoms with Gasteiger partial charge in [-0.15, -0.1) is 0 Å². The van der Waals surface area contributed by atoms with Gasteiger partial charge in [-0.3, -0.25) is 9.69 Å². The number of nitrogens with zero attached hydrogens (tertiary/aromatic N) is 2. The van der Waals surface area contributed by atoms with Gasteiger partial charge in [-0.25, -0.2) is 0 Å². The predicted octanol–water partition coefficient (Wildman–Crippen LogP) is 1.23. The Morgan fingerprint density at radius 1 is 1.30 bits per heavy atom. The highest BCUT2D eigenvalue weighted by Crippen LogP contribution is 2.37. The van der Waals surface area contributed by atoms with E-state index in [0.29, 0.717) is 24.8 Å². The molecule has 1 amide bonds. The Morgan fingerprint density at radius 3 is 2.78 bits per heavy atom. The number of carbonyl (C=O) groups excluding carboxylic acids is 1. The van der Waals surface area contributed by atoms with Crippen molar-refractivity contribution >= 4 is 5.91 Å². The summed E-state index contributed by atoms with van der Waals surface area (Å²) in [6.07, 6.45) is 3.76. The van der Waals surface area contributed by atoms with Crippen LogP contribution in [0.25, 0.3) is 0 Å². The SMILES string of the molecule is O=C(c1ccco1)N1CC2(CC[C@@H](CN3CCOCC3)CO2)C1. The molecule has 6 nitrogen and oxygen atoms in total. The van der Waals surface area contributed by atoms with E-state index in [9.17, 15) is 4.79 Å². The average molecular weight is 320 g/mol. The monoisotopic (exact) mass is 320 g/mol. The van der Waals surface area contributed by atoms with Crippen molar-refractivity contribution in [2.24, 2.45) is 5.92 Å². The van der Waals surface area contributed by atoms with E-state index in [1.54, 1.807) is 12.1 Å². The van der Waals surface area contributed by atoms with E-state index in [2.05, 4.69) is 4.90 Å². The van der Waals surface area contributed by atoms with Crippen LogP contribution in [0.2, 0.25) is 0 Å². The molecule has 0 N–H and O–H groups in total. The molecule has 0 aromatic carbocycles. The highest BCUT2D eigenvalue weighted by molar-refractivity contribution is 5.92. The number of ether oxygens (including phenoxy) is 2. The molecule has 6 heteroatoms. The first-order chi connectivity index (χ1) is 11.2. The average Bonchev–Trinajstić information content (AvgIpc) is 3.08. The molecule has 1 spiro atoms. The molecular weight excluding hydrogens is 296 g/mol. The minimum absolute atomic E-state index is 0.0281. The summed E-state index contributed by atoms with van der Waals surface area (Å²) in [6.45, 7) is 7.06. The normalized spacial score (nSPS) is 27.8. The molecule has 4 heterocycles. The molecule has 1 aromatic heterocycles. The molecule has 3 aliphatic heterocycles. The van der Waals surface area contributed by atoms with Crippen LogP contribution in [0.15, 0.2) is 22.8 Å². The lowest BCUT2D eigenvalue weighted by Gasteiger charge is -2.52. The molecule has 0 unspecified atom stereocenters. The van der Waals surface area contributed by atoms with Gasteiger partial charge in [0.05, 0.1) is 39.2 Å². The van der Waals surface area contributed by atoms with Crippen LogP contribution in [0.1, 0.15) is 23.4 Å². The zero-order chi connectivity index (χ0) is 15.7. The Morgan fingerprint density at radius 2 is 2.13 bits per heavy atom. The number of amides is 1. The third-order valence-corrected chi connectivity index (χ3v) is 5.23. The standard InChI is InChI=1S/C17H24N2O4/c20-16(15-2-1-7-22-15)19-12-17(13-19)4-3-14(11-23-17)10-18-5-8-21-9-6-18/h1-2,7,14H,3-6,8-13H2/t14-/m0/s1. The van der Waals surface area contributed by atoms with Gasteiger partial charge in [0.15, 0.2) is 5.76 Å². The summed E-state index contributed by atoms with van der Waals surface area (Å²) < 4.78 is 16.7. The van der Waals surface area contributed by atoms with Crippen LogP contribution < -0.4 is 0 Å². The summed E-state index contributed by atoms with van der Waals surface area (Å²) in [5, 5.41) is 0. The fourth-order valence-electron chi connectivity index (χ4n) is 3.81. The van der Waals surface area contributed by atoms with Crippen molar-refractivity contribution in [3.8, 4) is 0 Å². The minimum Gasteiger partial charge on any atom is -0.459 e. The summed E-state index contributed by atoms with van der Waals surface area (Å²) in [5.74, 6) is 0.995. The lowest BCUT2D eigenvalue weighted by atomic mass is 9.82. The van der Waals surface area contributed by atoms with Crippen molar-refractivity contribution in [1.29, 1.82) is 0 Å². The van der Waals surface area contributed by atoms with Crippen LogP contribution in [-0.4, -0.2) is 73.9 Å². The van der Waals surface area contributed by atoms with Crippen LogP contribution in [0.4, 0.5) is 0 Å². The maximum atomic E-state index is 12.2. The summed E-state index contributed by atoms with van der Waals surface area (Å²) in [7, 11) is 0. The summed E-state index contributed by atoms with van der Waals surface area (Å²) >= 11 is 0. The number of carbonyl (C=O) groups is 1. The summed E-state index contributed by atoms with van der Waals surface area (Å²) in [5.41, 5.74) is -0.107. The zero-order valence-electron chi connectivity index (χ0n) is 13.4. The van der Waals surface area contributed by atoms with Crippen LogP contribution in [0.5, 0.6) is 0 Å². The Bertz CT molecular complexity index is 523. The van der Waals surface area contributed by atoms with E-state index in [-0.39, 0.29) is 11.5 Å². The van der Waals surface area contributed by atoms with Gasteiger partial charge in [-0.2, -0.15) is 0 Å². The topological polar surface area (TPSA) is 55.2 Å². The molecule has 3 saturated heterocycles. The molecule has 1 atom stereocenters. The van der Waals surface area contributed by atoms with Crippen molar-refractivity contribution in [2.45, 2.75) is 18.4 Å². The second-order valence-corrected chi connectivity index (χ2v) is 6.95. The van der Waals surface area contributed by atoms with Crippen LogP contribution >= 0.6 is 0 Å². The number of morpholine rings is 1. The lowest BCUT2D eigenvalue weighted by molar-refractivity contribution is -0.169. The van der Waals surface area contributed by atoms with Gasteiger partial charge in [0.2, 0.25) is 0 Å². The predicted molar refractivity (Wildman–Crippen MR) is 83.3 cm³/mol. The molecule has 0 bridgehead atoms. The molecule has 3 fully saturated rings. The van der Waals surface area contributed by atoms with Crippen LogP contribution in [0.3, 0.4) is 0 Å². The van der Waals surface area contributed by atoms with E-state index >= 15 is 0 Å². The molecule has 126 valence electrons.